The van der Waals surface area contributed by atoms with Crippen molar-refractivity contribution in [3.8, 4) is 0 Å². The lowest BCUT2D eigenvalue weighted by Crippen LogP contribution is -2.34. The van der Waals surface area contributed by atoms with Crippen molar-refractivity contribution in [2.75, 3.05) is 0 Å². The van der Waals surface area contributed by atoms with Crippen LogP contribution in [0.2, 0.25) is 0 Å². The largest absolute Gasteiger partial charge is 0.393 e. The van der Waals surface area contributed by atoms with E-state index in [-0.39, 0.29) is 11.5 Å². The van der Waals surface area contributed by atoms with Gasteiger partial charge in [0.1, 0.15) is 0 Å². The van der Waals surface area contributed by atoms with Crippen molar-refractivity contribution >= 4 is 15.9 Å². The molecule has 1 saturated carbocycles. The first kappa shape index (κ1) is 8.76. The SMILES string of the molecule is C[C@]12CCC=C(Br)[C@H]1CC[C@@H]2O. The van der Waals surface area contributed by atoms with Gasteiger partial charge in [0.15, 0.2) is 0 Å². The highest BCUT2D eigenvalue weighted by Gasteiger charge is 2.47. The van der Waals surface area contributed by atoms with Crippen LogP contribution in [-0.2, 0) is 0 Å². The molecule has 2 heteroatoms. The van der Waals surface area contributed by atoms with Crippen LogP contribution in [0.15, 0.2) is 10.6 Å². The van der Waals surface area contributed by atoms with E-state index in [0.29, 0.717) is 5.92 Å². The van der Waals surface area contributed by atoms with Crippen LogP contribution in [0.25, 0.3) is 0 Å². The van der Waals surface area contributed by atoms with E-state index in [0.717, 1.165) is 25.7 Å². The highest BCUT2D eigenvalue weighted by atomic mass is 79.9. The summed E-state index contributed by atoms with van der Waals surface area (Å²) in [6, 6.07) is 0. The van der Waals surface area contributed by atoms with Gasteiger partial charge in [0, 0.05) is 5.41 Å². The summed E-state index contributed by atoms with van der Waals surface area (Å²) in [4.78, 5) is 0. The molecule has 2 aliphatic carbocycles. The molecule has 0 aromatic rings. The van der Waals surface area contributed by atoms with Crippen LogP contribution in [0, 0.1) is 11.3 Å². The molecule has 0 radical (unpaired) electrons. The Morgan fingerprint density at radius 1 is 1.58 bits per heavy atom. The van der Waals surface area contributed by atoms with Crippen LogP contribution in [0.1, 0.15) is 32.6 Å². The van der Waals surface area contributed by atoms with Gasteiger partial charge in [-0.25, -0.2) is 0 Å². The van der Waals surface area contributed by atoms with E-state index in [9.17, 15) is 5.11 Å². The Kier molecular flexibility index (Phi) is 2.08. The second-order valence-corrected chi connectivity index (χ2v) is 5.19. The monoisotopic (exact) mass is 230 g/mol. The van der Waals surface area contributed by atoms with E-state index < -0.39 is 0 Å². The zero-order valence-electron chi connectivity index (χ0n) is 7.39. The molecule has 2 rings (SSSR count). The van der Waals surface area contributed by atoms with Gasteiger partial charge in [0.05, 0.1) is 6.10 Å². The van der Waals surface area contributed by atoms with Crippen molar-refractivity contribution in [3.63, 3.8) is 0 Å². The molecule has 1 nitrogen and oxygen atoms in total. The van der Waals surface area contributed by atoms with Gasteiger partial charge in [-0.2, -0.15) is 0 Å². The van der Waals surface area contributed by atoms with Gasteiger partial charge >= 0.3 is 0 Å². The molecule has 0 spiro atoms. The van der Waals surface area contributed by atoms with Gasteiger partial charge in [-0.15, -0.1) is 0 Å². The fourth-order valence-electron chi connectivity index (χ4n) is 2.67. The Morgan fingerprint density at radius 3 is 3.00 bits per heavy atom. The lowest BCUT2D eigenvalue weighted by atomic mass is 9.72. The molecule has 3 atom stereocenters. The molecule has 2 aliphatic rings. The van der Waals surface area contributed by atoms with Crippen LogP contribution in [0.5, 0.6) is 0 Å². The number of rotatable bonds is 0. The molecule has 0 aromatic heterocycles. The number of hydrogen-bond acceptors (Lipinski definition) is 1. The third-order valence-corrected chi connectivity index (χ3v) is 4.52. The van der Waals surface area contributed by atoms with Gasteiger partial charge in [0.25, 0.3) is 0 Å². The maximum atomic E-state index is 9.85. The highest BCUT2D eigenvalue weighted by molar-refractivity contribution is 9.11. The molecule has 0 heterocycles. The van der Waals surface area contributed by atoms with Crippen molar-refractivity contribution in [2.24, 2.45) is 11.3 Å². The predicted molar refractivity (Wildman–Crippen MR) is 53.1 cm³/mol. The maximum Gasteiger partial charge on any atom is 0.0600 e. The molecule has 0 aromatic carbocycles. The van der Waals surface area contributed by atoms with Crippen LogP contribution in [-0.4, -0.2) is 11.2 Å². The van der Waals surface area contributed by atoms with E-state index in [4.69, 9.17) is 0 Å². The topological polar surface area (TPSA) is 20.2 Å². The fraction of sp³-hybridized carbons (Fsp3) is 0.800. The quantitative estimate of drug-likeness (QED) is 0.679. The Bertz CT molecular complexity index is 224. The Labute approximate surface area is 82.0 Å². The van der Waals surface area contributed by atoms with Gasteiger partial charge < -0.3 is 5.11 Å². The van der Waals surface area contributed by atoms with Crippen molar-refractivity contribution in [1.82, 2.24) is 0 Å². The number of aliphatic hydroxyl groups excluding tert-OH is 1. The second kappa shape index (κ2) is 2.85. The van der Waals surface area contributed by atoms with Crippen molar-refractivity contribution in [1.29, 1.82) is 0 Å². The van der Waals surface area contributed by atoms with Crippen molar-refractivity contribution in [3.05, 3.63) is 10.6 Å². The van der Waals surface area contributed by atoms with Crippen molar-refractivity contribution < 1.29 is 5.11 Å². The van der Waals surface area contributed by atoms with Crippen molar-refractivity contribution in [2.45, 2.75) is 38.7 Å². The third kappa shape index (κ3) is 1.08. The number of allylic oxidation sites excluding steroid dienone is 2. The zero-order valence-corrected chi connectivity index (χ0v) is 8.97. The van der Waals surface area contributed by atoms with Crippen LogP contribution < -0.4 is 0 Å². The number of halogens is 1. The summed E-state index contributed by atoms with van der Waals surface area (Å²) in [5, 5.41) is 9.85. The Balaban J connectivity index is 2.31. The van der Waals surface area contributed by atoms with Gasteiger partial charge in [-0.1, -0.05) is 28.9 Å². The van der Waals surface area contributed by atoms with Crippen LogP contribution >= 0.6 is 15.9 Å². The molecule has 0 aliphatic heterocycles. The van der Waals surface area contributed by atoms with Gasteiger partial charge in [0.2, 0.25) is 0 Å². The predicted octanol–water partition coefficient (Wildman–Crippen LogP) is 2.84. The summed E-state index contributed by atoms with van der Waals surface area (Å²) in [6.45, 7) is 2.23. The second-order valence-electron chi connectivity index (χ2n) is 4.28. The average Bonchev–Trinajstić information content (AvgIpc) is 2.30. The summed E-state index contributed by atoms with van der Waals surface area (Å²) in [7, 11) is 0. The zero-order chi connectivity index (χ0) is 8.77. The van der Waals surface area contributed by atoms with E-state index in [1.54, 1.807) is 0 Å². The normalized spacial score (nSPS) is 47.1. The minimum Gasteiger partial charge on any atom is -0.393 e. The Hall–Kier alpha value is 0.180. The lowest BCUT2D eigenvalue weighted by Gasteiger charge is -2.37. The smallest absolute Gasteiger partial charge is 0.0600 e. The Morgan fingerprint density at radius 2 is 2.33 bits per heavy atom. The standard InChI is InChI=1S/C10H15BrO/c1-10-6-2-3-8(11)7(10)4-5-9(10)12/h3,7,9,12H,2,4-6H2,1H3/t7-,9+,10+/m1/s1. The summed E-state index contributed by atoms with van der Waals surface area (Å²) >= 11 is 3.61. The maximum absolute atomic E-state index is 9.85. The summed E-state index contributed by atoms with van der Waals surface area (Å²) in [5.74, 6) is 0.584. The molecule has 1 N–H and O–H groups in total. The fourth-order valence-corrected chi connectivity index (χ4v) is 3.65. The molecular weight excluding hydrogens is 216 g/mol. The number of fused-ring (bicyclic) bond motifs is 1. The number of hydrogen-bond donors (Lipinski definition) is 1. The highest BCUT2D eigenvalue weighted by Crippen LogP contribution is 2.53. The first-order chi connectivity index (χ1) is 5.64. The van der Waals surface area contributed by atoms with Gasteiger partial charge in [-0.3, -0.25) is 0 Å². The van der Waals surface area contributed by atoms with Gasteiger partial charge in [-0.05, 0) is 36.1 Å². The summed E-state index contributed by atoms with van der Waals surface area (Å²) in [6.07, 6.45) is 6.57. The molecule has 12 heavy (non-hydrogen) atoms. The van der Waals surface area contributed by atoms with E-state index >= 15 is 0 Å². The number of aliphatic hydroxyl groups is 1. The van der Waals surface area contributed by atoms with Crippen LogP contribution in [0.3, 0.4) is 0 Å². The summed E-state index contributed by atoms with van der Waals surface area (Å²) < 4.78 is 1.33. The van der Waals surface area contributed by atoms with Crippen LogP contribution in [0.4, 0.5) is 0 Å². The minimum absolute atomic E-state index is 0.0799. The molecule has 0 saturated heterocycles. The van der Waals surface area contributed by atoms with E-state index in [1.165, 1.54) is 4.48 Å². The minimum atomic E-state index is -0.0799. The summed E-state index contributed by atoms with van der Waals surface area (Å²) in [5.41, 5.74) is 0.160. The molecule has 0 amide bonds. The molecule has 0 unspecified atom stereocenters. The average molecular weight is 231 g/mol. The molecular formula is C10H15BrO. The molecule has 1 fully saturated rings. The van der Waals surface area contributed by atoms with E-state index in [2.05, 4.69) is 28.9 Å². The first-order valence-corrected chi connectivity index (χ1v) is 5.47. The molecule has 68 valence electrons. The lowest BCUT2D eigenvalue weighted by molar-refractivity contribution is 0.0401. The van der Waals surface area contributed by atoms with E-state index in [1.807, 2.05) is 0 Å². The molecule has 0 bridgehead atoms. The first-order valence-electron chi connectivity index (χ1n) is 4.68. The third-order valence-electron chi connectivity index (χ3n) is 3.64.